The zero-order valence-electron chi connectivity index (χ0n) is 9.23. The monoisotopic (exact) mass is 206 g/mol. The van der Waals surface area contributed by atoms with Crippen molar-refractivity contribution in [3.8, 4) is 0 Å². The van der Waals surface area contributed by atoms with E-state index >= 15 is 0 Å². The highest BCUT2D eigenvalue weighted by atomic mass is 16.2. The Morgan fingerprint density at radius 3 is 2.47 bits per heavy atom. The highest BCUT2D eigenvalue weighted by Crippen LogP contribution is 2.02. The Morgan fingerprint density at radius 2 is 1.93 bits per heavy atom. The number of hydrogen-bond acceptors (Lipinski definition) is 2. The summed E-state index contributed by atoms with van der Waals surface area (Å²) in [6.45, 7) is 3.66. The molecular weight excluding hydrogens is 188 g/mol. The number of carbonyl (C=O) groups is 1. The van der Waals surface area contributed by atoms with Crippen molar-refractivity contribution in [1.29, 1.82) is 0 Å². The molecule has 0 fully saturated rings. The van der Waals surface area contributed by atoms with Crippen molar-refractivity contribution in [2.24, 2.45) is 5.73 Å². The second-order valence-corrected chi connectivity index (χ2v) is 3.89. The predicted molar refractivity (Wildman–Crippen MR) is 61.4 cm³/mol. The van der Waals surface area contributed by atoms with E-state index in [1.165, 1.54) is 5.56 Å². The molecule has 3 nitrogen and oxygen atoms in total. The lowest BCUT2D eigenvalue weighted by Gasteiger charge is -2.15. The zero-order chi connectivity index (χ0) is 11.3. The summed E-state index contributed by atoms with van der Waals surface area (Å²) in [6, 6.07) is 9.75. The van der Waals surface area contributed by atoms with Gasteiger partial charge < -0.3 is 11.1 Å². The maximum absolute atomic E-state index is 11.3. The van der Waals surface area contributed by atoms with Crippen LogP contribution in [0.1, 0.15) is 19.4 Å². The molecule has 0 saturated carbocycles. The second kappa shape index (κ2) is 5.51. The lowest BCUT2D eigenvalue weighted by molar-refractivity contribution is -0.122. The standard InChI is InChI=1S/C12H18N2O/c1-9(14-12(15)10(2)13)8-11-6-4-3-5-7-11/h3-7,9-10H,8,13H2,1-2H3,(H,14,15)/t9-,10?/m0/s1. The molecule has 1 amide bonds. The van der Waals surface area contributed by atoms with Gasteiger partial charge in [-0.2, -0.15) is 0 Å². The van der Waals surface area contributed by atoms with Crippen LogP contribution >= 0.6 is 0 Å². The molecule has 0 aliphatic carbocycles. The lowest BCUT2D eigenvalue weighted by Crippen LogP contribution is -2.43. The van der Waals surface area contributed by atoms with Gasteiger partial charge in [0, 0.05) is 6.04 Å². The van der Waals surface area contributed by atoms with E-state index in [-0.39, 0.29) is 11.9 Å². The molecule has 1 unspecified atom stereocenters. The maximum atomic E-state index is 11.3. The third-order valence-electron chi connectivity index (χ3n) is 2.19. The third kappa shape index (κ3) is 4.13. The summed E-state index contributed by atoms with van der Waals surface area (Å²) < 4.78 is 0. The lowest BCUT2D eigenvalue weighted by atomic mass is 10.1. The molecule has 2 atom stereocenters. The number of benzene rings is 1. The molecule has 0 heterocycles. The molecular formula is C12H18N2O. The molecule has 1 aromatic rings. The fraction of sp³-hybridized carbons (Fsp3) is 0.417. The largest absolute Gasteiger partial charge is 0.352 e. The van der Waals surface area contributed by atoms with E-state index in [2.05, 4.69) is 17.4 Å². The molecule has 0 bridgehead atoms. The quantitative estimate of drug-likeness (QED) is 0.774. The minimum absolute atomic E-state index is 0.0987. The fourth-order valence-corrected chi connectivity index (χ4v) is 1.39. The van der Waals surface area contributed by atoms with Gasteiger partial charge in [0.1, 0.15) is 0 Å². The first-order valence-electron chi connectivity index (χ1n) is 5.19. The fourth-order valence-electron chi connectivity index (χ4n) is 1.39. The third-order valence-corrected chi connectivity index (χ3v) is 2.19. The number of amides is 1. The van der Waals surface area contributed by atoms with E-state index in [0.717, 1.165) is 6.42 Å². The average Bonchev–Trinajstić information content (AvgIpc) is 2.18. The highest BCUT2D eigenvalue weighted by Gasteiger charge is 2.10. The number of rotatable bonds is 4. The molecule has 0 aliphatic rings. The van der Waals surface area contributed by atoms with Crippen molar-refractivity contribution >= 4 is 5.91 Å². The number of nitrogens with one attached hydrogen (secondary N) is 1. The predicted octanol–water partition coefficient (Wildman–Crippen LogP) is 1.08. The number of carbonyl (C=O) groups excluding carboxylic acids is 1. The van der Waals surface area contributed by atoms with Crippen LogP contribution in [0.15, 0.2) is 30.3 Å². The van der Waals surface area contributed by atoms with Gasteiger partial charge >= 0.3 is 0 Å². The molecule has 3 N–H and O–H groups in total. The Balaban J connectivity index is 2.43. The van der Waals surface area contributed by atoms with Gasteiger partial charge in [-0.05, 0) is 25.8 Å². The molecule has 0 saturated heterocycles. The molecule has 3 heteroatoms. The molecule has 82 valence electrons. The summed E-state index contributed by atoms with van der Waals surface area (Å²) in [5.74, 6) is -0.0987. The van der Waals surface area contributed by atoms with Gasteiger partial charge in [0.15, 0.2) is 0 Å². The van der Waals surface area contributed by atoms with E-state index in [1.807, 2.05) is 25.1 Å². The van der Waals surface area contributed by atoms with E-state index in [1.54, 1.807) is 6.92 Å². The van der Waals surface area contributed by atoms with Gasteiger partial charge in [0.05, 0.1) is 6.04 Å². The molecule has 0 radical (unpaired) electrons. The summed E-state index contributed by atoms with van der Waals surface area (Å²) in [4.78, 5) is 11.3. The molecule has 0 aliphatic heterocycles. The Morgan fingerprint density at radius 1 is 1.33 bits per heavy atom. The van der Waals surface area contributed by atoms with Gasteiger partial charge in [-0.1, -0.05) is 30.3 Å². The molecule has 0 spiro atoms. The molecule has 0 aromatic heterocycles. The van der Waals surface area contributed by atoms with Crippen molar-refractivity contribution in [3.63, 3.8) is 0 Å². The summed E-state index contributed by atoms with van der Waals surface area (Å²) >= 11 is 0. The van der Waals surface area contributed by atoms with Gasteiger partial charge in [0.25, 0.3) is 0 Å². The zero-order valence-corrected chi connectivity index (χ0v) is 9.23. The van der Waals surface area contributed by atoms with Crippen LogP contribution < -0.4 is 11.1 Å². The van der Waals surface area contributed by atoms with E-state index < -0.39 is 6.04 Å². The smallest absolute Gasteiger partial charge is 0.236 e. The van der Waals surface area contributed by atoms with Crippen LogP contribution in [-0.4, -0.2) is 18.0 Å². The van der Waals surface area contributed by atoms with E-state index in [4.69, 9.17) is 5.73 Å². The molecule has 1 rings (SSSR count). The van der Waals surface area contributed by atoms with Gasteiger partial charge in [-0.25, -0.2) is 0 Å². The van der Waals surface area contributed by atoms with Crippen LogP contribution in [-0.2, 0) is 11.2 Å². The van der Waals surface area contributed by atoms with Crippen molar-refractivity contribution < 1.29 is 4.79 Å². The van der Waals surface area contributed by atoms with Crippen LogP contribution in [0, 0.1) is 0 Å². The Hall–Kier alpha value is -1.35. The van der Waals surface area contributed by atoms with Crippen LogP contribution in [0.3, 0.4) is 0 Å². The van der Waals surface area contributed by atoms with Crippen LogP contribution in [0.25, 0.3) is 0 Å². The summed E-state index contributed by atoms with van der Waals surface area (Å²) in [7, 11) is 0. The van der Waals surface area contributed by atoms with Gasteiger partial charge in [0.2, 0.25) is 5.91 Å². The topological polar surface area (TPSA) is 55.1 Å². The van der Waals surface area contributed by atoms with Crippen molar-refractivity contribution in [2.45, 2.75) is 32.4 Å². The minimum Gasteiger partial charge on any atom is -0.352 e. The first kappa shape index (κ1) is 11.7. The summed E-state index contributed by atoms with van der Waals surface area (Å²) in [5, 5.41) is 2.86. The van der Waals surface area contributed by atoms with Crippen molar-refractivity contribution in [3.05, 3.63) is 35.9 Å². The molecule has 1 aromatic carbocycles. The van der Waals surface area contributed by atoms with Crippen LogP contribution in [0.4, 0.5) is 0 Å². The Labute approximate surface area is 90.7 Å². The van der Waals surface area contributed by atoms with Crippen LogP contribution in [0.2, 0.25) is 0 Å². The van der Waals surface area contributed by atoms with Crippen molar-refractivity contribution in [2.75, 3.05) is 0 Å². The number of hydrogen-bond donors (Lipinski definition) is 2. The average molecular weight is 206 g/mol. The van der Waals surface area contributed by atoms with E-state index in [0.29, 0.717) is 0 Å². The van der Waals surface area contributed by atoms with Crippen LogP contribution in [0.5, 0.6) is 0 Å². The van der Waals surface area contributed by atoms with Gasteiger partial charge in [-0.15, -0.1) is 0 Å². The summed E-state index contributed by atoms with van der Waals surface area (Å²) in [6.07, 6.45) is 0.833. The first-order chi connectivity index (χ1) is 7.09. The maximum Gasteiger partial charge on any atom is 0.236 e. The summed E-state index contributed by atoms with van der Waals surface area (Å²) in [5.41, 5.74) is 6.68. The highest BCUT2D eigenvalue weighted by molar-refractivity contribution is 5.81. The normalized spacial score (nSPS) is 14.3. The van der Waals surface area contributed by atoms with E-state index in [9.17, 15) is 4.79 Å². The second-order valence-electron chi connectivity index (χ2n) is 3.89. The van der Waals surface area contributed by atoms with Gasteiger partial charge in [-0.3, -0.25) is 4.79 Å². The Kier molecular flexibility index (Phi) is 4.31. The number of nitrogens with two attached hydrogens (primary N) is 1. The SMILES string of the molecule is CC(N)C(=O)N[C@@H](C)Cc1ccccc1. The first-order valence-corrected chi connectivity index (χ1v) is 5.19. The Bertz CT molecular complexity index is 309. The molecule has 15 heavy (non-hydrogen) atoms. The van der Waals surface area contributed by atoms with Crippen molar-refractivity contribution in [1.82, 2.24) is 5.32 Å². The minimum atomic E-state index is -0.441.